The number of fused-ring (bicyclic) bond motifs is 1. The summed E-state index contributed by atoms with van der Waals surface area (Å²) in [5.74, 6) is 0.213. The number of ether oxygens (including phenoxy) is 1. The number of hydrogen-bond acceptors (Lipinski definition) is 7. The van der Waals surface area contributed by atoms with Crippen LogP contribution >= 0.6 is 34.8 Å². The van der Waals surface area contributed by atoms with Gasteiger partial charge >= 0.3 is 0 Å². The lowest BCUT2D eigenvalue weighted by atomic mass is 10.3. The van der Waals surface area contributed by atoms with Gasteiger partial charge in [0.1, 0.15) is 6.33 Å². The molecule has 1 aliphatic heterocycles. The molecule has 1 fully saturated rings. The number of morpholine rings is 1. The van der Waals surface area contributed by atoms with Gasteiger partial charge in [-0.05, 0) is 12.1 Å². The Hall–Kier alpha value is -2.07. The van der Waals surface area contributed by atoms with Gasteiger partial charge in [-0.15, -0.1) is 0 Å². The molecule has 4 heterocycles. The van der Waals surface area contributed by atoms with E-state index < -0.39 is 15.9 Å². The van der Waals surface area contributed by atoms with E-state index in [0.717, 1.165) is 0 Å². The topological polar surface area (TPSA) is 98.3 Å². The van der Waals surface area contributed by atoms with Crippen molar-refractivity contribution in [2.45, 2.75) is 9.96 Å². The maximum absolute atomic E-state index is 12.4. The monoisotopic (exact) mass is 444 g/mol. The molecule has 148 valence electrons. The maximum atomic E-state index is 12.4. The number of rotatable bonds is 4. The van der Waals surface area contributed by atoms with Crippen molar-refractivity contribution >= 4 is 57.7 Å². The zero-order valence-corrected chi connectivity index (χ0v) is 16.7. The van der Waals surface area contributed by atoms with E-state index >= 15 is 0 Å². The average molecular weight is 446 g/mol. The van der Waals surface area contributed by atoms with Crippen LogP contribution in [0.1, 0.15) is 16.7 Å². The number of amides is 1. The van der Waals surface area contributed by atoms with Crippen molar-refractivity contribution in [1.29, 1.82) is 0 Å². The molecule has 1 atom stereocenters. The van der Waals surface area contributed by atoms with Crippen molar-refractivity contribution in [2.75, 3.05) is 31.2 Å². The molecule has 1 saturated heterocycles. The van der Waals surface area contributed by atoms with Crippen LogP contribution in [0.2, 0.25) is 0 Å². The molecule has 0 radical (unpaired) electrons. The summed E-state index contributed by atoms with van der Waals surface area (Å²) in [5.41, 5.74) is 0.962. The zero-order chi connectivity index (χ0) is 19.7. The van der Waals surface area contributed by atoms with Crippen LogP contribution in [-0.2, 0) is 4.74 Å². The molecule has 9 nitrogen and oxygen atoms in total. The van der Waals surface area contributed by atoms with E-state index in [-0.39, 0.29) is 5.76 Å². The van der Waals surface area contributed by atoms with Gasteiger partial charge in [0.15, 0.2) is 28.9 Å². The molecule has 3 aromatic rings. The van der Waals surface area contributed by atoms with Gasteiger partial charge in [0, 0.05) is 13.1 Å². The number of furan rings is 1. The van der Waals surface area contributed by atoms with Gasteiger partial charge in [-0.3, -0.25) is 9.36 Å². The Balaban J connectivity index is 1.71. The number of carbonyl (C=O) groups is 1. The largest absolute Gasteiger partial charge is 0.459 e. The Morgan fingerprint density at radius 2 is 2.00 bits per heavy atom. The highest BCUT2D eigenvalue weighted by Gasteiger charge is 2.37. The summed E-state index contributed by atoms with van der Waals surface area (Å²) in [6, 6.07) is 3.10. The van der Waals surface area contributed by atoms with Crippen LogP contribution in [0.15, 0.2) is 35.5 Å². The molecule has 0 aliphatic carbocycles. The molecule has 1 aliphatic rings. The minimum atomic E-state index is -1.88. The fourth-order valence-corrected chi connectivity index (χ4v) is 3.43. The normalized spacial score (nSPS) is 16.3. The van der Waals surface area contributed by atoms with Crippen LogP contribution in [0.4, 0.5) is 5.82 Å². The van der Waals surface area contributed by atoms with E-state index in [4.69, 9.17) is 44.0 Å². The molecule has 28 heavy (non-hydrogen) atoms. The Morgan fingerprint density at radius 1 is 1.21 bits per heavy atom. The number of carbonyl (C=O) groups excluding carboxylic acids is 1. The maximum Gasteiger partial charge on any atom is 0.288 e. The van der Waals surface area contributed by atoms with Crippen molar-refractivity contribution < 1.29 is 13.9 Å². The van der Waals surface area contributed by atoms with Crippen molar-refractivity contribution in [3.05, 3.63) is 36.8 Å². The Kier molecular flexibility index (Phi) is 5.33. The van der Waals surface area contributed by atoms with Crippen LogP contribution in [0.25, 0.3) is 11.2 Å². The van der Waals surface area contributed by atoms with E-state index in [1.165, 1.54) is 29.6 Å². The average Bonchev–Trinajstić information content (AvgIpc) is 3.35. The van der Waals surface area contributed by atoms with Crippen LogP contribution in [0.5, 0.6) is 0 Å². The zero-order valence-electron chi connectivity index (χ0n) is 14.4. The molecule has 0 unspecified atom stereocenters. The fraction of sp³-hybridized carbons (Fsp3) is 0.375. The van der Waals surface area contributed by atoms with E-state index in [2.05, 4.69) is 25.2 Å². The second kappa shape index (κ2) is 7.75. The summed E-state index contributed by atoms with van der Waals surface area (Å²) in [6.45, 7) is 2.56. The quantitative estimate of drug-likeness (QED) is 0.616. The van der Waals surface area contributed by atoms with Crippen molar-refractivity contribution in [3.8, 4) is 0 Å². The first-order chi connectivity index (χ1) is 13.4. The van der Waals surface area contributed by atoms with Crippen LogP contribution < -0.4 is 10.2 Å². The SMILES string of the molecule is O=C(N[C@H](n1cnc2c(N3CCOCC3)ncnc21)C(Cl)(Cl)Cl)c1ccco1. The molecular weight excluding hydrogens is 431 g/mol. The highest BCUT2D eigenvalue weighted by atomic mass is 35.6. The number of imidazole rings is 1. The molecule has 0 saturated carbocycles. The predicted molar refractivity (Wildman–Crippen MR) is 104 cm³/mol. The lowest BCUT2D eigenvalue weighted by Crippen LogP contribution is -2.40. The second-order valence-electron chi connectivity index (χ2n) is 6.02. The predicted octanol–water partition coefficient (Wildman–Crippen LogP) is 2.55. The molecule has 0 bridgehead atoms. The third-order valence-corrected chi connectivity index (χ3v) is 4.87. The number of alkyl halides is 3. The van der Waals surface area contributed by atoms with Crippen LogP contribution in [0, 0.1) is 0 Å². The fourth-order valence-electron chi connectivity index (χ4n) is 2.95. The summed E-state index contributed by atoms with van der Waals surface area (Å²) >= 11 is 18.5. The summed E-state index contributed by atoms with van der Waals surface area (Å²) in [7, 11) is 0. The third kappa shape index (κ3) is 3.75. The number of hydrogen-bond donors (Lipinski definition) is 1. The lowest BCUT2D eigenvalue weighted by Gasteiger charge is -2.28. The molecular formula is C16H15Cl3N6O3. The molecule has 4 rings (SSSR count). The number of halogens is 3. The first-order valence-electron chi connectivity index (χ1n) is 8.36. The summed E-state index contributed by atoms with van der Waals surface area (Å²) < 4.78 is 10.1. The highest BCUT2D eigenvalue weighted by molar-refractivity contribution is 6.68. The third-order valence-electron chi connectivity index (χ3n) is 4.25. The standard InChI is InChI=1S/C16H15Cl3N6O3/c17-16(18,19)15(23-14(26)10-2-1-5-28-10)25-9-22-11-12(20-8-21-13(11)25)24-3-6-27-7-4-24/h1-2,5,8-9,15H,3-4,6-7H2,(H,23,26)/t15-/m1/s1. The Morgan fingerprint density at radius 3 is 2.68 bits per heavy atom. The summed E-state index contributed by atoms with van der Waals surface area (Å²) in [5, 5.41) is 2.65. The Labute approximate surface area is 174 Å². The van der Waals surface area contributed by atoms with Gasteiger partial charge in [0.25, 0.3) is 5.91 Å². The second-order valence-corrected chi connectivity index (χ2v) is 8.38. The van der Waals surface area contributed by atoms with Crippen LogP contribution in [0.3, 0.4) is 0 Å². The Bertz CT molecular complexity index is 966. The van der Waals surface area contributed by atoms with E-state index in [1.807, 2.05) is 0 Å². The van der Waals surface area contributed by atoms with Gasteiger partial charge in [-0.1, -0.05) is 34.8 Å². The molecule has 1 amide bonds. The highest BCUT2D eigenvalue weighted by Crippen LogP contribution is 2.38. The number of anilines is 1. The minimum absolute atomic E-state index is 0.0901. The first-order valence-corrected chi connectivity index (χ1v) is 9.50. The summed E-state index contributed by atoms with van der Waals surface area (Å²) in [6.07, 6.45) is 3.17. The minimum Gasteiger partial charge on any atom is -0.459 e. The van der Waals surface area contributed by atoms with Crippen molar-refractivity contribution in [3.63, 3.8) is 0 Å². The van der Waals surface area contributed by atoms with E-state index in [9.17, 15) is 4.79 Å². The molecule has 3 aromatic heterocycles. The molecule has 12 heteroatoms. The molecule has 0 aromatic carbocycles. The van der Waals surface area contributed by atoms with Crippen molar-refractivity contribution in [1.82, 2.24) is 24.8 Å². The molecule has 0 spiro atoms. The van der Waals surface area contributed by atoms with Crippen molar-refractivity contribution in [2.24, 2.45) is 0 Å². The summed E-state index contributed by atoms with van der Waals surface area (Å²) in [4.78, 5) is 27.5. The number of nitrogens with one attached hydrogen (secondary N) is 1. The first kappa shape index (κ1) is 19.3. The van der Waals surface area contributed by atoms with E-state index in [0.29, 0.717) is 43.3 Å². The molecule has 1 N–H and O–H groups in total. The van der Waals surface area contributed by atoms with Gasteiger partial charge in [0.05, 0.1) is 25.8 Å². The van der Waals surface area contributed by atoms with Crippen LogP contribution in [-0.4, -0.2) is 55.5 Å². The van der Waals surface area contributed by atoms with Gasteiger partial charge in [0.2, 0.25) is 3.79 Å². The van der Waals surface area contributed by atoms with Gasteiger partial charge in [-0.25, -0.2) is 15.0 Å². The van der Waals surface area contributed by atoms with Gasteiger partial charge in [-0.2, -0.15) is 0 Å². The lowest BCUT2D eigenvalue weighted by molar-refractivity contribution is 0.0893. The number of aromatic nitrogens is 4. The smallest absolute Gasteiger partial charge is 0.288 e. The van der Waals surface area contributed by atoms with E-state index in [1.54, 1.807) is 6.07 Å². The number of nitrogens with zero attached hydrogens (tertiary/aromatic N) is 5. The van der Waals surface area contributed by atoms with Gasteiger partial charge < -0.3 is 19.4 Å².